The van der Waals surface area contributed by atoms with Gasteiger partial charge in [-0.2, -0.15) is 20.8 Å². The number of nitrogens with zero attached hydrogens (tertiary/aromatic N) is 5. The SMILES string of the molecule is CC(C)(C#N)N=NC(C)(C)C#N.Cl.c1c[nH]cn1. The highest BCUT2D eigenvalue weighted by Gasteiger charge is 2.19. The third-order valence-corrected chi connectivity index (χ3v) is 1.50. The highest BCUT2D eigenvalue weighted by molar-refractivity contribution is 5.85. The van der Waals surface area contributed by atoms with Crippen LogP contribution < -0.4 is 0 Å². The Labute approximate surface area is 113 Å². The lowest BCUT2D eigenvalue weighted by molar-refractivity contribution is 0.541. The zero-order valence-corrected chi connectivity index (χ0v) is 11.7. The topological polar surface area (TPSA) is 101 Å². The van der Waals surface area contributed by atoms with E-state index >= 15 is 0 Å². The molecule has 0 aliphatic carbocycles. The summed E-state index contributed by atoms with van der Waals surface area (Å²) in [5.74, 6) is 0. The van der Waals surface area contributed by atoms with Crippen LogP contribution in [0.1, 0.15) is 27.7 Å². The number of aromatic amines is 1. The Balaban J connectivity index is 0. The monoisotopic (exact) mass is 268 g/mol. The summed E-state index contributed by atoms with van der Waals surface area (Å²) in [5, 5.41) is 24.7. The molecule has 0 fully saturated rings. The Morgan fingerprint density at radius 3 is 1.67 bits per heavy atom. The second-order valence-corrected chi connectivity index (χ2v) is 4.30. The third kappa shape index (κ3) is 9.32. The number of hydrogen-bond donors (Lipinski definition) is 1. The first kappa shape index (κ1) is 18.4. The number of H-pyrrole nitrogens is 1. The number of azo groups is 1. The first-order valence-electron chi connectivity index (χ1n) is 5.02. The summed E-state index contributed by atoms with van der Waals surface area (Å²) in [5.41, 5.74) is -1.68. The molecular formula is C11H17ClN6. The van der Waals surface area contributed by atoms with Crippen LogP contribution in [0.4, 0.5) is 0 Å². The molecule has 0 saturated heterocycles. The average Bonchev–Trinajstić information content (AvgIpc) is 2.86. The molecule has 0 aromatic carbocycles. The molecule has 0 atom stereocenters. The first-order valence-corrected chi connectivity index (χ1v) is 5.02. The molecule has 1 heterocycles. The van der Waals surface area contributed by atoms with Gasteiger partial charge < -0.3 is 4.98 Å². The molecule has 0 aliphatic rings. The molecule has 0 unspecified atom stereocenters. The van der Waals surface area contributed by atoms with Crippen LogP contribution in [0.25, 0.3) is 0 Å². The summed E-state index contributed by atoms with van der Waals surface area (Å²) in [7, 11) is 0. The molecule has 0 saturated carbocycles. The quantitative estimate of drug-likeness (QED) is 0.834. The Morgan fingerprint density at radius 1 is 1.06 bits per heavy atom. The predicted molar refractivity (Wildman–Crippen MR) is 70.1 cm³/mol. The number of imidazole rings is 1. The van der Waals surface area contributed by atoms with Gasteiger partial charge in [-0.3, -0.25) is 0 Å². The van der Waals surface area contributed by atoms with Crippen LogP contribution in [0.2, 0.25) is 0 Å². The van der Waals surface area contributed by atoms with E-state index in [1.165, 1.54) is 0 Å². The van der Waals surface area contributed by atoms with Crippen molar-refractivity contribution in [3.63, 3.8) is 0 Å². The molecule has 18 heavy (non-hydrogen) atoms. The van der Waals surface area contributed by atoms with Crippen LogP contribution in [0.5, 0.6) is 0 Å². The second kappa shape index (κ2) is 8.21. The Morgan fingerprint density at radius 2 is 1.50 bits per heavy atom. The van der Waals surface area contributed by atoms with Crippen LogP contribution in [0, 0.1) is 22.7 Å². The molecule has 1 aromatic rings. The van der Waals surface area contributed by atoms with Gasteiger partial charge in [-0.15, -0.1) is 12.4 Å². The largest absolute Gasteiger partial charge is 0.351 e. The summed E-state index contributed by atoms with van der Waals surface area (Å²) in [6.07, 6.45) is 5.08. The molecule has 1 N–H and O–H groups in total. The van der Waals surface area contributed by atoms with Gasteiger partial charge in [-0.05, 0) is 27.7 Å². The number of nitrogens with one attached hydrogen (secondary N) is 1. The molecule has 0 spiro atoms. The van der Waals surface area contributed by atoms with Crippen molar-refractivity contribution in [2.45, 2.75) is 38.8 Å². The number of aromatic nitrogens is 2. The van der Waals surface area contributed by atoms with Gasteiger partial charge >= 0.3 is 0 Å². The molecule has 1 rings (SSSR count). The van der Waals surface area contributed by atoms with Crippen LogP contribution in [0.15, 0.2) is 28.9 Å². The van der Waals surface area contributed by atoms with Crippen molar-refractivity contribution in [1.82, 2.24) is 9.97 Å². The lowest BCUT2D eigenvalue weighted by atomic mass is 10.1. The zero-order chi connectivity index (χ0) is 13.4. The Kier molecular flexibility index (Phi) is 8.42. The number of halogens is 1. The summed E-state index contributed by atoms with van der Waals surface area (Å²) in [4.78, 5) is 6.42. The van der Waals surface area contributed by atoms with E-state index in [9.17, 15) is 0 Å². The molecule has 1 aromatic heterocycles. The fourth-order valence-electron chi connectivity index (χ4n) is 0.510. The van der Waals surface area contributed by atoms with E-state index in [2.05, 4.69) is 20.2 Å². The van der Waals surface area contributed by atoms with Crippen molar-refractivity contribution in [3.8, 4) is 12.1 Å². The van der Waals surface area contributed by atoms with Gasteiger partial charge in [-0.1, -0.05) is 0 Å². The van der Waals surface area contributed by atoms with E-state index in [1.54, 1.807) is 46.4 Å². The van der Waals surface area contributed by atoms with Crippen LogP contribution in [-0.2, 0) is 0 Å². The molecular weight excluding hydrogens is 252 g/mol. The highest BCUT2D eigenvalue weighted by Crippen LogP contribution is 2.13. The maximum absolute atomic E-state index is 8.58. The minimum atomic E-state index is -0.839. The number of hydrogen-bond acceptors (Lipinski definition) is 5. The standard InChI is InChI=1S/C8H12N4.C3H4N2.ClH/c1-7(2,5-9)11-12-8(3,4)6-10;1-2-5-3-4-1;/h1-4H3;1-3H,(H,4,5);1H. The molecule has 0 aliphatic heterocycles. The van der Waals surface area contributed by atoms with Gasteiger partial charge in [0.25, 0.3) is 0 Å². The van der Waals surface area contributed by atoms with Crippen LogP contribution >= 0.6 is 12.4 Å². The van der Waals surface area contributed by atoms with Gasteiger partial charge in [-0.25, -0.2) is 4.98 Å². The van der Waals surface area contributed by atoms with Crippen molar-refractivity contribution in [3.05, 3.63) is 18.7 Å². The third-order valence-electron chi connectivity index (χ3n) is 1.50. The minimum absolute atomic E-state index is 0. The summed E-state index contributed by atoms with van der Waals surface area (Å²) < 4.78 is 0. The van der Waals surface area contributed by atoms with Crippen molar-refractivity contribution in [1.29, 1.82) is 10.5 Å². The number of nitriles is 2. The fourth-order valence-corrected chi connectivity index (χ4v) is 0.510. The van der Waals surface area contributed by atoms with Gasteiger partial charge in [0.05, 0.1) is 18.5 Å². The van der Waals surface area contributed by atoms with Crippen LogP contribution in [0.3, 0.4) is 0 Å². The summed E-state index contributed by atoms with van der Waals surface area (Å²) in [6.45, 7) is 6.57. The lowest BCUT2D eigenvalue weighted by Crippen LogP contribution is -2.17. The van der Waals surface area contributed by atoms with E-state index in [1.807, 2.05) is 12.1 Å². The molecule has 6 nitrogen and oxygen atoms in total. The normalized spacial score (nSPS) is 10.6. The van der Waals surface area contributed by atoms with Gasteiger partial charge in [0.15, 0.2) is 11.1 Å². The van der Waals surface area contributed by atoms with Crippen molar-refractivity contribution >= 4 is 12.4 Å². The van der Waals surface area contributed by atoms with Gasteiger partial charge in [0.2, 0.25) is 0 Å². The van der Waals surface area contributed by atoms with Gasteiger partial charge in [0.1, 0.15) is 0 Å². The van der Waals surface area contributed by atoms with Crippen molar-refractivity contribution < 1.29 is 0 Å². The maximum atomic E-state index is 8.58. The summed E-state index contributed by atoms with van der Waals surface area (Å²) >= 11 is 0. The fraction of sp³-hybridized carbons (Fsp3) is 0.545. The molecule has 0 bridgehead atoms. The van der Waals surface area contributed by atoms with E-state index in [4.69, 9.17) is 10.5 Å². The smallest absolute Gasteiger partial charge is 0.162 e. The lowest BCUT2D eigenvalue weighted by Gasteiger charge is -2.11. The first-order chi connectivity index (χ1) is 7.83. The van der Waals surface area contributed by atoms with E-state index < -0.39 is 11.1 Å². The average molecular weight is 269 g/mol. The predicted octanol–water partition coefficient (Wildman–Crippen LogP) is 2.87. The zero-order valence-electron chi connectivity index (χ0n) is 10.9. The maximum Gasteiger partial charge on any atom is 0.162 e. The van der Waals surface area contributed by atoms with Crippen LogP contribution in [-0.4, -0.2) is 21.0 Å². The van der Waals surface area contributed by atoms with E-state index in [-0.39, 0.29) is 12.4 Å². The molecule has 0 radical (unpaired) electrons. The van der Waals surface area contributed by atoms with E-state index in [0.29, 0.717) is 0 Å². The Bertz CT molecular complexity index is 376. The Hall–Kier alpha value is -1.92. The molecule has 98 valence electrons. The molecule has 0 amide bonds. The molecule has 7 heteroatoms. The number of rotatable bonds is 2. The second-order valence-electron chi connectivity index (χ2n) is 4.30. The highest BCUT2D eigenvalue weighted by atomic mass is 35.5. The van der Waals surface area contributed by atoms with Crippen molar-refractivity contribution in [2.75, 3.05) is 0 Å². The van der Waals surface area contributed by atoms with Crippen molar-refractivity contribution in [2.24, 2.45) is 10.2 Å². The van der Waals surface area contributed by atoms with E-state index in [0.717, 1.165) is 0 Å². The van der Waals surface area contributed by atoms with Gasteiger partial charge in [0, 0.05) is 12.4 Å². The minimum Gasteiger partial charge on any atom is -0.351 e. The summed E-state index contributed by atoms with van der Waals surface area (Å²) in [6, 6.07) is 3.94.